The van der Waals surface area contributed by atoms with Gasteiger partial charge in [0.15, 0.2) is 0 Å². The van der Waals surface area contributed by atoms with Gasteiger partial charge in [0.2, 0.25) is 0 Å². The van der Waals surface area contributed by atoms with Crippen LogP contribution in [0.2, 0.25) is 0 Å². The summed E-state index contributed by atoms with van der Waals surface area (Å²) in [7, 11) is 0. The molecule has 0 amide bonds. The van der Waals surface area contributed by atoms with E-state index in [0.717, 1.165) is 23.0 Å². The molecule has 2 saturated carbocycles. The molecule has 2 aromatic rings. The average Bonchev–Trinajstić information content (AvgIpc) is 2.76. The van der Waals surface area contributed by atoms with E-state index in [4.69, 9.17) is 0 Å². The van der Waals surface area contributed by atoms with Gasteiger partial charge >= 0.3 is 0 Å². The van der Waals surface area contributed by atoms with Crippen LogP contribution in [0.1, 0.15) is 105 Å². The van der Waals surface area contributed by atoms with Gasteiger partial charge in [0.05, 0.1) is 0 Å². The number of halogens is 1. The molecule has 0 aromatic heterocycles. The summed E-state index contributed by atoms with van der Waals surface area (Å²) in [5.74, 6) is 2.87. The summed E-state index contributed by atoms with van der Waals surface area (Å²) in [4.78, 5) is 0. The molecule has 0 N–H and O–H groups in total. The van der Waals surface area contributed by atoms with E-state index in [9.17, 15) is 4.39 Å². The van der Waals surface area contributed by atoms with Crippen LogP contribution in [0, 0.1) is 17.7 Å². The second kappa shape index (κ2) is 10.4. The molecular weight excluding hydrogens is 355 g/mol. The average molecular weight is 399 g/mol. The molecule has 0 nitrogen and oxygen atoms in total. The zero-order chi connectivity index (χ0) is 20.8. The maximum atomic E-state index is 14.9. The molecule has 162 valence electrons. The Kier molecular flexibility index (Phi) is 7.92. The van der Waals surface area contributed by atoms with Crippen LogP contribution in [0.25, 0.3) is 11.1 Å². The lowest BCUT2D eigenvalue weighted by molar-refractivity contribution is 0.347. The first kappa shape index (κ1) is 22.1. The maximum absolute atomic E-state index is 14.9. The van der Waals surface area contributed by atoms with Crippen LogP contribution in [-0.4, -0.2) is 0 Å². The van der Waals surface area contributed by atoms with Gasteiger partial charge in [-0.15, -0.1) is 0 Å². The summed E-state index contributed by atoms with van der Waals surface area (Å²) < 4.78 is 14.9. The molecule has 1 heteroatoms. The fraction of sp³-hybridized carbons (Fsp3) is 0.571. The van der Waals surface area contributed by atoms with E-state index in [0.29, 0.717) is 11.8 Å². The van der Waals surface area contributed by atoms with Gasteiger partial charge < -0.3 is 0 Å². The van der Waals surface area contributed by atoms with Gasteiger partial charge in [-0.3, -0.25) is 0 Å². The standard InChI is InChI=1S/C26H33F.C2H6.2H2/c1-18-3-7-20(8-4-18)21-11-13-23(14-12-21)25-16-15-24(17-26(25)27)22-9-5-19(2)6-10-22;1-2;;/h11-20,22H,3-10H2,1-2H3;1-2H3;2*1H. The van der Waals surface area contributed by atoms with Crippen molar-refractivity contribution >= 4 is 0 Å². The predicted octanol–water partition coefficient (Wildman–Crippen LogP) is 9.60. The van der Waals surface area contributed by atoms with Gasteiger partial charge in [-0.1, -0.05) is 89.8 Å². The van der Waals surface area contributed by atoms with E-state index in [-0.39, 0.29) is 8.67 Å². The van der Waals surface area contributed by atoms with Gasteiger partial charge in [0.1, 0.15) is 5.82 Å². The minimum atomic E-state index is -0.0645. The van der Waals surface area contributed by atoms with Gasteiger partial charge in [0, 0.05) is 8.42 Å². The van der Waals surface area contributed by atoms with Gasteiger partial charge in [-0.05, 0) is 72.1 Å². The minimum Gasteiger partial charge on any atom is -0.206 e. The molecule has 2 aromatic carbocycles. The Bertz CT molecular complexity index is 755. The summed E-state index contributed by atoms with van der Waals surface area (Å²) in [6.07, 6.45) is 10.2. The van der Waals surface area contributed by atoms with Crippen molar-refractivity contribution in [2.45, 2.75) is 90.9 Å². The van der Waals surface area contributed by atoms with E-state index in [2.05, 4.69) is 44.2 Å². The highest BCUT2D eigenvalue weighted by Crippen LogP contribution is 2.38. The largest absolute Gasteiger partial charge is 0.206 e. The van der Waals surface area contributed by atoms with Crippen LogP contribution in [0.15, 0.2) is 42.5 Å². The molecule has 0 unspecified atom stereocenters. The summed E-state index contributed by atoms with van der Waals surface area (Å²) in [5.41, 5.74) is 4.37. The van der Waals surface area contributed by atoms with Crippen LogP contribution in [0.3, 0.4) is 0 Å². The van der Waals surface area contributed by atoms with Crippen LogP contribution < -0.4 is 0 Å². The smallest absolute Gasteiger partial charge is 0.131 e. The number of benzene rings is 2. The first-order chi connectivity index (χ1) is 14.1. The third kappa shape index (κ3) is 5.50. The Morgan fingerprint density at radius 1 is 0.655 bits per heavy atom. The maximum Gasteiger partial charge on any atom is 0.131 e. The Morgan fingerprint density at radius 3 is 1.59 bits per heavy atom. The molecule has 0 heterocycles. The lowest BCUT2D eigenvalue weighted by atomic mass is 9.79. The summed E-state index contributed by atoms with van der Waals surface area (Å²) in [5, 5.41) is 0. The molecule has 0 spiro atoms. The first-order valence-electron chi connectivity index (χ1n) is 12.0. The zero-order valence-electron chi connectivity index (χ0n) is 18.9. The number of hydrogen-bond acceptors (Lipinski definition) is 0. The van der Waals surface area contributed by atoms with Crippen molar-refractivity contribution in [3.8, 4) is 11.1 Å². The van der Waals surface area contributed by atoms with Crippen molar-refractivity contribution in [3.63, 3.8) is 0 Å². The fourth-order valence-corrected chi connectivity index (χ4v) is 5.14. The quantitative estimate of drug-likeness (QED) is 0.482. The van der Waals surface area contributed by atoms with Crippen LogP contribution in [-0.2, 0) is 0 Å². The van der Waals surface area contributed by atoms with Gasteiger partial charge in [0.25, 0.3) is 0 Å². The van der Waals surface area contributed by atoms with E-state index in [1.54, 1.807) is 6.07 Å². The third-order valence-corrected chi connectivity index (χ3v) is 7.19. The van der Waals surface area contributed by atoms with Crippen molar-refractivity contribution in [3.05, 3.63) is 59.4 Å². The van der Waals surface area contributed by atoms with Crippen LogP contribution in [0.4, 0.5) is 4.39 Å². The van der Waals surface area contributed by atoms with Gasteiger partial charge in [-0.25, -0.2) is 4.39 Å². The SMILES string of the molecule is CC.CC1CCC(c2ccc(-c3ccc(C4CCC(C)CC4)cc3F)cc2)CC1.[HH].[HH]. The fourth-order valence-electron chi connectivity index (χ4n) is 5.14. The summed E-state index contributed by atoms with van der Waals surface area (Å²) in [6, 6.07) is 14.7. The molecular formula is C28H43F. The monoisotopic (exact) mass is 398 g/mol. The van der Waals surface area contributed by atoms with Crippen LogP contribution >= 0.6 is 0 Å². The molecule has 0 aliphatic heterocycles. The molecule has 29 heavy (non-hydrogen) atoms. The Balaban J connectivity index is 0.00000117. The van der Waals surface area contributed by atoms with E-state index >= 15 is 0 Å². The molecule has 0 saturated heterocycles. The van der Waals surface area contributed by atoms with E-state index in [1.807, 2.05) is 19.9 Å². The van der Waals surface area contributed by atoms with Crippen molar-refractivity contribution < 1.29 is 7.24 Å². The molecule has 2 aliphatic carbocycles. The normalized spacial score (nSPS) is 27.1. The van der Waals surface area contributed by atoms with E-state index < -0.39 is 0 Å². The lowest BCUT2D eigenvalue weighted by Gasteiger charge is -2.27. The minimum absolute atomic E-state index is 0. The van der Waals surface area contributed by atoms with Crippen molar-refractivity contribution in [1.29, 1.82) is 0 Å². The molecule has 4 rings (SSSR count). The van der Waals surface area contributed by atoms with E-state index in [1.165, 1.54) is 62.5 Å². The molecule has 2 aliphatic rings. The highest BCUT2D eigenvalue weighted by atomic mass is 19.1. The molecule has 0 bridgehead atoms. The van der Waals surface area contributed by atoms with Crippen molar-refractivity contribution in [2.24, 2.45) is 11.8 Å². The Morgan fingerprint density at radius 2 is 1.10 bits per heavy atom. The highest BCUT2D eigenvalue weighted by Gasteiger charge is 2.22. The van der Waals surface area contributed by atoms with Crippen molar-refractivity contribution in [2.75, 3.05) is 0 Å². The molecule has 0 atom stereocenters. The van der Waals surface area contributed by atoms with Crippen LogP contribution in [0.5, 0.6) is 0 Å². The molecule has 0 radical (unpaired) electrons. The second-order valence-electron chi connectivity index (χ2n) is 9.27. The predicted molar refractivity (Wildman–Crippen MR) is 128 cm³/mol. The van der Waals surface area contributed by atoms with Crippen molar-refractivity contribution in [1.82, 2.24) is 0 Å². The first-order valence-corrected chi connectivity index (χ1v) is 12.0. The van der Waals surface area contributed by atoms with Gasteiger partial charge in [-0.2, -0.15) is 0 Å². The topological polar surface area (TPSA) is 0 Å². The zero-order valence-corrected chi connectivity index (χ0v) is 18.9. The number of hydrogen-bond donors (Lipinski definition) is 0. The highest BCUT2D eigenvalue weighted by molar-refractivity contribution is 5.65. The second-order valence-corrected chi connectivity index (χ2v) is 9.27. The third-order valence-electron chi connectivity index (χ3n) is 7.19. The molecule has 2 fully saturated rings. The summed E-state index contributed by atoms with van der Waals surface area (Å²) in [6.45, 7) is 8.69. The lowest BCUT2D eigenvalue weighted by Crippen LogP contribution is -2.11. The Labute approximate surface area is 180 Å². The Hall–Kier alpha value is -1.63. The number of rotatable bonds is 3. The summed E-state index contributed by atoms with van der Waals surface area (Å²) >= 11 is 0.